The summed E-state index contributed by atoms with van der Waals surface area (Å²) >= 11 is 2.79. The van der Waals surface area contributed by atoms with Gasteiger partial charge in [0.15, 0.2) is 0 Å². The minimum atomic E-state index is -0.927. The molecule has 0 bridgehead atoms. The van der Waals surface area contributed by atoms with Crippen LogP contribution >= 0.6 is 22.7 Å². The summed E-state index contributed by atoms with van der Waals surface area (Å²) in [5, 5.41) is 13.1. The van der Waals surface area contributed by atoms with E-state index in [1.165, 1.54) is 17.7 Å². The third kappa shape index (κ3) is 2.55. The van der Waals surface area contributed by atoms with Crippen LogP contribution in [0.4, 0.5) is 5.82 Å². The number of nitrogens with zero attached hydrogens (tertiary/aromatic N) is 4. The fourth-order valence-corrected chi connectivity index (χ4v) is 3.93. The van der Waals surface area contributed by atoms with Crippen molar-refractivity contribution in [3.8, 4) is 0 Å². The zero-order valence-corrected chi connectivity index (χ0v) is 14.0. The molecule has 114 valence electrons. The van der Waals surface area contributed by atoms with Gasteiger partial charge in [-0.3, -0.25) is 0 Å². The van der Waals surface area contributed by atoms with Gasteiger partial charge in [-0.05, 0) is 19.4 Å². The van der Waals surface area contributed by atoms with E-state index in [1.54, 1.807) is 18.3 Å². The Labute approximate surface area is 135 Å². The van der Waals surface area contributed by atoms with Crippen LogP contribution in [-0.2, 0) is 6.54 Å². The third-order valence-corrected chi connectivity index (χ3v) is 5.34. The van der Waals surface area contributed by atoms with E-state index in [4.69, 9.17) is 0 Å². The van der Waals surface area contributed by atoms with E-state index in [-0.39, 0.29) is 0 Å². The van der Waals surface area contributed by atoms with Gasteiger partial charge in [-0.15, -0.1) is 22.7 Å². The summed E-state index contributed by atoms with van der Waals surface area (Å²) < 4.78 is 0. The normalized spacial score (nSPS) is 11.0. The van der Waals surface area contributed by atoms with E-state index in [1.807, 2.05) is 24.3 Å². The number of hydrogen-bond donors (Lipinski definition) is 1. The lowest BCUT2D eigenvalue weighted by molar-refractivity contribution is 0.0701. The van der Waals surface area contributed by atoms with Crippen molar-refractivity contribution in [2.24, 2.45) is 0 Å². The Hall–Kier alpha value is -2.06. The molecule has 3 heterocycles. The molecule has 0 fully saturated rings. The highest BCUT2D eigenvalue weighted by molar-refractivity contribution is 7.20. The molecule has 0 unspecified atom stereocenters. The molecule has 3 rings (SSSR count). The van der Waals surface area contributed by atoms with E-state index in [0.29, 0.717) is 21.8 Å². The molecule has 8 heteroatoms. The maximum atomic E-state index is 11.3. The Morgan fingerprint density at radius 1 is 1.36 bits per heavy atom. The first-order valence-electron chi connectivity index (χ1n) is 6.57. The highest BCUT2D eigenvalue weighted by Gasteiger charge is 2.20. The van der Waals surface area contributed by atoms with Crippen molar-refractivity contribution >= 4 is 44.7 Å². The lowest BCUT2D eigenvalue weighted by atomic mass is 10.2. The summed E-state index contributed by atoms with van der Waals surface area (Å²) in [5.41, 5.74) is 1.69. The quantitative estimate of drug-likeness (QED) is 0.790. The Kier molecular flexibility index (Phi) is 3.79. The van der Waals surface area contributed by atoms with Crippen molar-refractivity contribution in [1.82, 2.24) is 15.0 Å². The average molecular weight is 334 g/mol. The number of carboxylic acids is 1. The van der Waals surface area contributed by atoms with Crippen LogP contribution in [-0.4, -0.2) is 33.1 Å². The molecule has 0 aliphatic rings. The van der Waals surface area contributed by atoms with Gasteiger partial charge in [-0.1, -0.05) is 0 Å². The minimum absolute atomic E-state index is 0.314. The maximum Gasteiger partial charge on any atom is 0.346 e. The van der Waals surface area contributed by atoms with Crippen LogP contribution in [0.3, 0.4) is 0 Å². The summed E-state index contributed by atoms with van der Waals surface area (Å²) in [6, 6.07) is 0. The van der Waals surface area contributed by atoms with Crippen LogP contribution in [0.15, 0.2) is 11.7 Å². The van der Waals surface area contributed by atoms with Gasteiger partial charge in [0.25, 0.3) is 0 Å². The van der Waals surface area contributed by atoms with Gasteiger partial charge in [0.2, 0.25) is 0 Å². The van der Waals surface area contributed by atoms with Crippen LogP contribution in [0.5, 0.6) is 0 Å². The second-order valence-corrected chi connectivity index (χ2v) is 7.01. The molecule has 3 aromatic rings. The van der Waals surface area contributed by atoms with Crippen molar-refractivity contribution in [2.75, 3.05) is 11.9 Å². The molecule has 0 aromatic carbocycles. The van der Waals surface area contributed by atoms with Crippen LogP contribution in [0.25, 0.3) is 10.2 Å². The summed E-state index contributed by atoms with van der Waals surface area (Å²) in [5.74, 6) is -0.193. The summed E-state index contributed by atoms with van der Waals surface area (Å²) in [6.07, 6.45) is 1.47. The number of rotatable bonds is 4. The van der Waals surface area contributed by atoms with Crippen molar-refractivity contribution in [3.05, 3.63) is 32.8 Å². The lowest BCUT2D eigenvalue weighted by Gasteiger charge is -2.17. The van der Waals surface area contributed by atoms with E-state index in [0.717, 1.165) is 21.9 Å². The second-order valence-electron chi connectivity index (χ2n) is 4.95. The molecular formula is C14H14N4O2S2. The predicted octanol–water partition coefficient (Wildman–Crippen LogP) is 3.10. The standard InChI is InChI=1S/C14H14N4O2S2/c1-7-10-12(18(3)4-9-5-21-8(2)17-9)15-6-16-13(10)22-11(7)14(19)20/h5-6H,4H2,1-3H3,(H,19,20). The molecule has 0 aliphatic heterocycles. The first-order chi connectivity index (χ1) is 10.5. The molecule has 0 spiro atoms. The van der Waals surface area contributed by atoms with Gasteiger partial charge in [-0.25, -0.2) is 19.7 Å². The van der Waals surface area contributed by atoms with Crippen molar-refractivity contribution in [2.45, 2.75) is 20.4 Å². The summed E-state index contributed by atoms with van der Waals surface area (Å²) in [4.78, 5) is 27.3. The second kappa shape index (κ2) is 5.62. The highest BCUT2D eigenvalue weighted by Crippen LogP contribution is 2.34. The van der Waals surface area contributed by atoms with Crippen molar-refractivity contribution < 1.29 is 9.90 Å². The molecule has 6 nitrogen and oxygen atoms in total. The monoisotopic (exact) mass is 334 g/mol. The zero-order valence-electron chi connectivity index (χ0n) is 12.3. The van der Waals surface area contributed by atoms with E-state index in [2.05, 4.69) is 15.0 Å². The number of aromatic nitrogens is 3. The zero-order chi connectivity index (χ0) is 15.9. The number of thiophene rings is 1. The predicted molar refractivity (Wildman–Crippen MR) is 88.1 cm³/mol. The van der Waals surface area contributed by atoms with Gasteiger partial charge >= 0.3 is 5.97 Å². The van der Waals surface area contributed by atoms with Gasteiger partial charge < -0.3 is 10.0 Å². The van der Waals surface area contributed by atoms with Gasteiger partial charge in [0, 0.05) is 12.4 Å². The summed E-state index contributed by atoms with van der Waals surface area (Å²) in [6.45, 7) is 4.39. The first kappa shape index (κ1) is 14.9. The fourth-order valence-electron chi connectivity index (χ4n) is 2.35. The molecule has 0 amide bonds. The molecule has 22 heavy (non-hydrogen) atoms. The lowest BCUT2D eigenvalue weighted by Crippen LogP contribution is -2.18. The number of fused-ring (bicyclic) bond motifs is 1. The first-order valence-corrected chi connectivity index (χ1v) is 8.26. The molecule has 0 saturated carbocycles. The topological polar surface area (TPSA) is 79.2 Å². The van der Waals surface area contributed by atoms with E-state index < -0.39 is 5.97 Å². The van der Waals surface area contributed by atoms with E-state index in [9.17, 15) is 9.90 Å². The molecule has 0 atom stereocenters. The Morgan fingerprint density at radius 2 is 2.14 bits per heavy atom. The molecule has 3 aromatic heterocycles. The Morgan fingerprint density at radius 3 is 2.77 bits per heavy atom. The number of anilines is 1. The number of hydrogen-bond acceptors (Lipinski definition) is 7. The van der Waals surface area contributed by atoms with Crippen LogP contribution in [0.2, 0.25) is 0 Å². The Bertz CT molecular complexity index is 856. The van der Waals surface area contributed by atoms with Crippen molar-refractivity contribution in [1.29, 1.82) is 0 Å². The number of carboxylic acid groups (broad SMARTS) is 1. The molecule has 0 aliphatic carbocycles. The van der Waals surface area contributed by atoms with Crippen LogP contribution < -0.4 is 4.90 Å². The number of aromatic carboxylic acids is 1. The molecule has 0 saturated heterocycles. The Balaban J connectivity index is 2.04. The van der Waals surface area contributed by atoms with Gasteiger partial charge in [0.1, 0.15) is 21.9 Å². The maximum absolute atomic E-state index is 11.3. The molecule has 0 radical (unpaired) electrons. The van der Waals surface area contributed by atoms with E-state index >= 15 is 0 Å². The van der Waals surface area contributed by atoms with Crippen LogP contribution in [0.1, 0.15) is 25.9 Å². The van der Waals surface area contributed by atoms with Gasteiger partial charge in [-0.2, -0.15) is 0 Å². The van der Waals surface area contributed by atoms with Gasteiger partial charge in [0.05, 0.1) is 22.6 Å². The fraction of sp³-hybridized carbons (Fsp3) is 0.286. The van der Waals surface area contributed by atoms with Crippen molar-refractivity contribution in [3.63, 3.8) is 0 Å². The summed E-state index contributed by atoms with van der Waals surface area (Å²) in [7, 11) is 1.92. The highest BCUT2D eigenvalue weighted by atomic mass is 32.1. The smallest absolute Gasteiger partial charge is 0.346 e. The van der Waals surface area contributed by atoms with Crippen LogP contribution in [0, 0.1) is 13.8 Å². The SMILES string of the molecule is Cc1nc(CN(C)c2ncnc3sc(C(=O)O)c(C)c23)cs1. The largest absolute Gasteiger partial charge is 0.477 e. The molecule has 1 N–H and O–H groups in total. The third-order valence-electron chi connectivity index (χ3n) is 3.33. The number of aryl methyl sites for hydroxylation is 2. The average Bonchev–Trinajstić information content (AvgIpc) is 3.03. The number of thiazole rings is 1. The molecular weight excluding hydrogens is 320 g/mol. The number of carbonyl (C=O) groups is 1. The minimum Gasteiger partial charge on any atom is -0.477 e.